The second-order valence-corrected chi connectivity index (χ2v) is 3.80. The summed E-state index contributed by atoms with van der Waals surface area (Å²) in [4.78, 5) is 13.3. The molecule has 86 valence electrons. The summed E-state index contributed by atoms with van der Waals surface area (Å²) in [5.41, 5.74) is 7.47. The molecule has 1 rings (SSSR count). The summed E-state index contributed by atoms with van der Waals surface area (Å²) in [5, 5.41) is 0. The van der Waals surface area contributed by atoms with E-state index in [1.54, 1.807) is 18.0 Å². The number of benzene rings is 1. The third kappa shape index (κ3) is 3.77. The number of anilines is 1. The molecule has 0 aliphatic carbocycles. The van der Waals surface area contributed by atoms with Gasteiger partial charge in [-0.3, -0.25) is 4.79 Å². The Bertz CT molecular complexity index is 357. The van der Waals surface area contributed by atoms with Crippen LogP contribution in [-0.2, 0) is 11.2 Å². The number of aryl methyl sites for hydroxylation is 1. The van der Waals surface area contributed by atoms with Crippen molar-refractivity contribution in [1.82, 2.24) is 4.90 Å². The molecular formula is C13H18N2O. The lowest BCUT2D eigenvalue weighted by Crippen LogP contribution is -2.26. The summed E-state index contributed by atoms with van der Waals surface area (Å²) >= 11 is 0. The molecule has 0 fully saturated rings. The molecule has 0 radical (unpaired) electrons. The molecule has 2 N–H and O–H groups in total. The van der Waals surface area contributed by atoms with Gasteiger partial charge in [0, 0.05) is 25.7 Å². The Hall–Kier alpha value is -1.77. The average Bonchev–Trinajstić information content (AvgIpc) is 2.28. The van der Waals surface area contributed by atoms with E-state index in [0.717, 1.165) is 17.7 Å². The van der Waals surface area contributed by atoms with Gasteiger partial charge in [0.25, 0.3) is 0 Å². The Morgan fingerprint density at radius 3 is 2.62 bits per heavy atom. The van der Waals surface area contributed by atoms with E-state index in [2.05, 4.69) is 6.58 Å². The summed E-state index contributed by atoms with van der Waals surface area (Å²) in [6.45, 7) is 4.20. The molecule has 0 saturated heterocycles. The normalized spacial score (nSPS) is 9.81. The van der Waals surface area contributed by atoms with Gasteiger partial charge in [-0.05, 0) is 24.1 Å². The molecule has 0 bridgehead atoms. The molecule has 0 unspecified atom stereocenters. The first-order valence-electron chi connectivity index (χ1n) is 5.32. The van der Waals surface area contributed by atoms with Crippen LogP contribution in [0.5, 0.6) is 0 Å². The van der Waals surface area contributed by atoms with Gasteiger partial charge in [0.1, 0.15) is 0 Å². The van der Waals surface area contributed by atoms with E-state index in [9.17, 15) is 4.79 Å². The maximum absolute atomic E-state index is 11.6. The number of likely N-dealkylation sites (N-methyl/N-ethyl adjacent to an activating group) is 1. The average molecular weight is 218 g/mol. The van der Waals surface area contributed by atoms with Crippen molar-refractivity contribution >= 4 is 11.6 Å². The summed E-state index contributed by atoms with van der Waals surface area (Å²) in [5.74, 6) is 0.136. The van der Waals surface area contributed by atoms with E-state index in [1.807, 2.05) is 24.3 Å². The van der Waals surface area contributed by atoms with Crippen molar-refractivity contribution < 1.29 is 4.79 Å². The standard InChI is InChI=1S/C13H18N2O/c1-3-10-15(2)13(16)9-6-11-4-7-12(14)8-5-11/h3-5,7-8H,1,6,9-10,14H2,2H3. The minimum absolute atomic E-state index is 0.136. The Kier molecular flexibility index (Phi) is 4.58. The van der Waals surface area contributed by atoms with Crippen LogP contribution in [0.3, 0.4) is 0 Å². The van der Waals surface area contributed by atoms with Gasteiger partial charge in [-0.1, -0.05) is 18.2 Å². The van der Waals surface area contributed by atoms with Crippen LogP contribution in [0.2, 0.25) is 0 Å². The lowest BCUT2D eigenvalue weighted by molar-refractivity contribution is -0.129. The first kappa shape index (κ1) is 12.3. The third-order valence-electron chi connectivity index (χ3n) is 2.44. The number of nitrogens with zero attached hydrogens (tertiary/aromatic N) is 1. The number of hydrogen-bond donors (Lipinski definition) is 1. The molecule has 0 aliphatic rings. The Morgan fingerprint density at radius 1 is 1.44 bits per heavy atom. The highest BCUT2D eigenvalue weighted by atomic mass is 16.2. The van der Waals surface area contributed by atoms with Gasteiger partial charge in [-0.25, -0.2) is 0 Å². The van der Waals surface area contributed by atoms with E-state index >= 15 is 0 Å². The van der Waals surface area contributed by atoms with Gasteiger partial charge in [-0.15, -0.1) is 6.58 Å². The lowest BCUT2D eigenvalue weighted by atomic mass is 10.1. The zero-order valence-corrected chi connectivity index (χ0v) is 9.65. The smallest absolute Gasteiger partial charge is 0.222 e. The quantitative estimate of drug-likeness (QED) is 0.605. The highest BCUT2D eigenvalue weighted by molar-refractivity contribution is 5.76. The van der Waals surface area contributed by atoms with Crippen molar-refractivity contribution in [3.05, 3.63) is 42.5 Å². The number of amides is 1. The van der Waals surface area contributed by atoms with Gasteiger partial charge in [0.2, 0.25) is 5.91 Å². The molecule has 0 saturated carbocycles. The fourth-order valence-corrected chi connectivity index (χ4v) is 1.42. The van der Waals surface area contributed by atoms with Crippen molar-refractivity contribution in [2.24, 2.45) is 0 Å². The molecule has 0 aromatic heterocycles. The number of rotatable bonds is 5. The number of nitrogen functional groups attached to an aromatic ring is 1. The molecule has 3 nitrogen and oxygen atoms in total. The van der Waals surface area contributed by atoms with Crippen molar-refractivity contribution in [2.45, 2.75) is 12.8 Å². The molecule has 1 aromatic carbocycles. The van der Waals surface area contributed by atoms with Crippen LogP contribution in [0.15, 0.2) is 36.9 Å². The highest BCUT2D eigenvalue weighted by Gasteiger charge is 2.06. The Balaban J connectivity index is 2.42. The molecule has 0 atom stereocenters. The fraction of sp³-hybridized carbons (Fsp3) is 0.308. The molecule has 0 aliphatic heterocycles. The number of carbonyl (C=O) groups is 1. The molecular weight excluding hydrogens is 200 g/mol. The van der Waals surface area contributed by atoms with Crippen LogP contribution in [0.1, 0.15) is 12.0 Å². The SMILES string of the molecule is C=CCN(C)C(=O)CCc1ccc(N)cc1. The second kappa shape index (κ2) is 5.95. The molecule has 0 spiro atoms. The summed E-state index contributed by atoms with van der Waals surface area (Å²) in [6.07, 6.45) is 3.00. The second-order valence-electron chi connectivity index (χ2n) is 3.80. The largest absolute Gasteiger partial charge is 0.399 e. The van der Waals surface area contributed by atoms with Gasteiger partial charge in [0.05, 0.1) is 0 Å². The molecule has 0 heterocycles. The fourth-order valence-electron chi connectivity index (χ4n) is 1.42. The van der Waals surface area contributed by atoms with Crippen LogP contribution in [0, 0.1) is 0 Å². The molecule has 1 amide bonds. The van der Waals surface area contributed by atoms with Gasteiger partial charge in [0.15, 0.2) is 0 Å². The van der Waals surface area contributed by atoms with Crippen LogP contribution in [0.4, 0.5) is 5.69 Å². The van der Waals surface area contributed by atoms with Crippen molar-refractivity contribution in [2.75, 3.05) is 19.3 Å². The van der Waals surface area contributed by atoms with Crippen LogP contribution >= 0.6 is 0 Å². The molecule has 3 heteroatoms. The van der Waals surface area contributed by atoms with Crippen LogP contribution in [-0.4, -0.2) is 24.4 Å². The van der Waals surface area contributed by atoms with Gasteiger partial charge in [-0.2, -0.15) is 0 Å². The highest BCUT2D eigenvalue weighted by Crippen LogP contribution is 2.08. The van der Waals surface area contributed by atoms with Crippen molar-refractivity contribution in [3.63, 3.8) is 0 Å². The number of hydrogen-bond acceptors (Lipinski definition) is 2. The number of nitrogens with two attached hydrogens (primary N) is 1. The van der Waals surface area contributed by atoms with Crippen LogP contribution in [0.25, 0.3) is 0 Å². The predicted molar refractivity (Wildman–Crippen MR) is 67.0 cm³/mol. The summed E-state index contributed by atoms with van der Waals surface area (Å²) in [6, 6.07) is 7.62. The van der Waals surface area contributed by atoms with E-state index in [4.69, 9.17) is 5.73 Å². The zero-order valence-electron chi connectivity index (χ0n) is 9.65. The minimum Gasteiger partial charge on any atom is -0.399 e. The monoisotopic (exact) mass is 218 g/mol. The van der Waals surface area contributed by atoms with Gasteiger partial charge >= 0.3 is 0 Å². The van der Waals surface area contributed by atoms with E-state index < -0.39 is 0 Å². The Morgan fingerprint density at radius 2 is 2.06 bits per heavy atom. The molecule has 1 aromatic rings. The van der Waals surface area contributed by atoms with Crippen molar-refractivity contribution in [3.8, 4) is 0 Å². The Labute approximate surface area is 96.6 Å². The minimum atomic E-state index is 0.136. The van der Waals surface area contributed by atoms with E-state index in [0.29, 0.717) is 13.0 Å². The molecule has 16 heavy (non-hydrogen) atoms. The maximum atomic E-state index is 11.6. The summed E-state index contributed by atoms with van der Waals surface area (Å²) < 4.78 is 0. The first-order chi connectivity index (χ1) is 7.63. The third-order valence-corrected chi connectivity index (χ3v) is 2.44. The van der Waals surface area contributed by atoms with Crippen LogP contribution < -0.4 is 5.73 Å². The number of carbonyl (C=O) groups excluding carboxylic acids is 1. The van der Waals surface area contributed by atoms with Crippen molar-refractivity contribution in [1.29, 1.82) is 0 Å². The van der Waals surface area contributed by atoms with E-state index in [1.165, 1.54) is 0 Å². The lowest BCUT2D eigenvalue weighted by Gasteiger charge is -2.14. The van der Waals surface area contributed by atoms with Gasteiger partial charge < -0.3 is 10.6 Å². The summed E-state index contributed by atoms with van der Waals surface area (Å²) in [7, 11) is 1.78. The van der Waals surface area contributed by atoms with E-state index in [-0.39, 0.29) is 5.91 Å². The predicted octanol–water partition coefficient (Wildman–Crippen LogP) is 1.85. The maximum Gasteiger partial charge on any atom is 0.222 e. The topological polar surface area (TPSA) is 46.3 Å². The first-order valence-corrected chi connectivity index (χ1v) is 5.32. The zero-order chi connectivity index (χ0) is 12.0.